The maximum absolute atomic E-state index is 10.9. The lowest BCUT2D eigenvalue weighted by Gasteiger charge is -2.23. The van der Waals surface area contributed by atoms with Crippen LogP contribution in [-0.2, 0) is 4.79 Å². The summed E-state index contributed by atoms with van der Waals surface area (Å²) in [6, 6.07) is 0. The van der Waals surface area contributed by atoms with Gasteiger partial charge in [-0.1, -0.05) is 19.8 Å². The smallest absolute Gasteiger partial charge is 0.132 e. The molecule has 0 aromatic heterocycles. The summed E-state index contributed by atoms with van der Waals surface area (Å²) in [7, 11) is 0. The SMILES string of the molecule is CC(=O)C1CCC(C)CC1.CS. The van der Waals surface area contributed by atoms with Crippen molar-refractivity contribution < 1.29 is 4.79 Å². The van der Waals surface area contributed by atoms with E-state index in [4.69, 9.17) is 0 Å². The van der Waals surface area contributed by atoms with E-state index in [1.165, 1.54) is 12.8 Å². The lowest BCUT2D eigenvalue weighted by atomic mass is 9.81. The molecule has 72 valence electrons. The molecule has 2 heteroatoms. The van der Waals surface area contributed by atoms with Crippen molar-refractivity contribution in [2.45, 2.75) is 39.5 Å². The Morgan fingerprint density at radius 1 is 1.17 bits per heavy atom. The Labute approximate surface area is 81.3 Å². The fourth-order valence-corrected chi connectivity index (χ4v) is 1.67. The van der Waals surface area contributed by atoms with Gasteiger partial charge in [-0.2, -0.15) is 12.6 Å². The van der Waals surface area contributed by atoms with Gasteiger partial charge < -0.3 is 0 Å². The van der Waals surface area contributed by atoms with E-state index < -0.39 is 0 Å². The normalized spacial score (nSPS) is 28.7. The molecule has 0 N–H and O–H groups in total. The number of hydrogen-bond donors (Lipinski definition) is 1. The predicted molar refractivity (Wildman–Crippen MR) is 56.7 cm³/mol. The molecule has 12 heavy (non-hydrogen) atoms. The first-order chi connectivity index (χ1) is 5.70. The minimum Gasteiger partial charge on any atom is -0.300 e. The van der Waals surface area contributed by atoms with Gasteiger partial charge in [0, 0.05) is 5.92 Å². The summed E-state index contributed by atoms with van der Waals surface area (Å²) < 4.78 is 0. The molecule has 0 aromatic carbocycles. The van der Waals surface area contributed by atoms with Crippen LogP contribution >= 0.6 is 12.6 Å². The minimum atomic E-state index is 0.395. The molecule has 0 bridgehead atoms. The summed E-state index contributed by atoms with van der Waals surface area (Å²) >= 11 is 3.53. The van der Waals surface area contributed by atoms with E-state index in [1.807, 2.05) is 0 Å². The molecule has 0 saturated heterocycles. The highest BCUT2D eigenvalue weighted by Crippen LogP contribution is 2.28. The number of carbonyl (C=O) groups excluding carboxylic acids is 1. The van der Waals surface area contributed by atoms with E-state index in [1.54, 1.807) is 13.2 Å². The van der Waals surface area contributed by atoms with Crippen molar-refractivity contribution in [3.63, 3.8) is 0 Å². The summed E-state index contributed by atoms with van der Waals surface area (Å²) in [6.07, 6.45) is 6.47. The third-order valence-corrected chi connectivity index (χ3v) is 2.59. The van der Waals surface area contributed by atoms with Crippen molar-refractivity contribution in [1.82, 2.24) is 0 Å². The molecule has 0 aliphatic heterocycles. The minimum absolute atomic E-state index is 0.395. The first-order valence-electron chi connectivity index (χ1n) is 4.65. The van der Waals surface area contributed by atoms with Crippen molar-refractivity contribution >= 4 is 18.4 Å². The molecule has 0 heterocycles. The summed E-state index contributed by atoms with van der Waals surface area (Å²) in [5, 5.41) is 0. The van der Waals surface area contributed by atoms with Gasteiger partial charge in [-0.15, -0.1) is 0 Å². The van der Waals surface area contributed by atoms with Crippen LogP contribution in [0.2, 0.25) is 0 Å². The Kier molecular flexibility index (Phi) is 6.54. The average molecular weight is 188 g/mol. The Bertz CT molecular complexity index is 126. The van der Waals surface area contributed by atoms with E-state index >= 15 is 0 Å². The van der Waals surface area contributed by atoms with Crippen molar-refractivity contribution in [2.75, 3.05) is 6.26 Å². The van der Waals surface area contributed by atoms with Crippen LogP contribution in [0.15, 0.2) is 0 Å². The van der Waals surface area contributed by atoms with Crippen molar-refractivity contribution in [2.24, 2.45) is 11.8 Å². The van der Waals surface area contributed by atoms with Crippen LogP contribution in [0.3, 0.4) is 0 Å². The second-order valence-corrected chi connectivity index (χ2v) is 3.57. The van der Waals surface area contributed by atoms with Crippen LogP contribution in [0.4, 0.5) is 0 Å². The number of carbonyl (C=O) groups is 1. The number of Topliss-reactive ketones (excluding diaryl/α,β-unsaturated/α-hetero) is 1. The summed E-state index contributed by atoms with van der Waals surface area (Å²) in [6.45, 7) is 4.00. The lowest BCUT2D eigenvalue weighted by molar-refractivity contribution is -0.121. The Morgan fingerprint density at radius 3 is 1.92 bits per heavy atom. The molecule has 0 amide bonds. The fourth-order valence-electron chi connectivity index (χ4n) is 1.67. The third-order valence-electron chi connectivity index (χ3n) is 2.59. The highest BCUT2D eigenvalue weighted by atomic mass is 32.1. The van der Waals surface area contributed by atoms with Crippen LogP contribution in [0.5, 0.6) is 0 Å². The molecular formula is C10H20OS. The second-order valence-electron chi connectivity index (χ2n) is 3.57. The monoisotopic (exact) mass is 188 g/mol. The zero-order valence-corrected chi connectivity index (χ0v) is 9.23. The molecule has 1 fully saturated rings. The number of ketones is 1. The number of hydrogen-bond acceptors (Lipinski definition) is 2. The van der Waals surface area contributed by atoms with Crippen molar-refractivity contribution in [3.8, 4) is 0 Å². The molecule has 0 atom stereocenters. The zero-order valence-electron chi connectivity index (χ0n) is 8.34. The maximum Gasteiger partial charge on any atom is 0.132 e. The molecule has 1 rings (SSSR count). The molecule has 1 saturated carbocycles. The largest absolute Gasteiger partial charge is 0.300 e. The molecule has 1 aliphatic carbocycles. The van der Waals surface area contributed by atoms with Gasteiger partial charge in [0.2, 0.25) is 0 Å². The highest BCUT2D eigenvalue weighted by molar-refractivity contribution is 7.79. The molecule has 1 aliphatic rings. The second kappa shape index (κ2) is 6.53. The van der Waals surface area contributed by atoms with E-state index in [0.29, 0.717) is 11.7 Å². The average Bonchev–Trinajstić information content (AvgIpc) is 2.09. The van der Waals surface area contributed by atoms with E-state index in [9.17, 15) is 4.79 Å². The van der Waals surface area contributed by atoms with E-state index in [-0.39, 0.29) is 0 Å². The van der Waals surface area contributed by atoms with Crippen molar-refractivity contribution in [3.05, 3.63) is 0 Å². The zero-order chi connectivity index (χ0) is 9.56. The molecule has 1 nitrogen and oxygen atoms in total. The van der Waals surface area contributed by atoms with E-state index in [2.05, 4.69) is 19.6 Å². The standard InChI is InChI=1S/C9H16O.CH4S/c1-7-3-5-9(6-4-7)8(2)10;1-2/h7,9H,3-6H2,1-2H3;2H,1H3. The molecule has 0 spiro atoms. The first kappa shape index (κ1) is 12.0. The number of rotatable bonds is 1. The molecule has 0 unspecified atom stereocenters. The van der Waals surface area contributed by atoms with Gasteiger partial charge in [-0.05, 0) is 31.9 Å². The molecular weight excluding hydrogens is 168 g/mol. The van der Waals surface area contributed by atoms with Crippen LogP contribution in [0, 0.1) is 11.8 Å². The first-order valence-corrected chi connectivity index (χ1v) is 5.54. The summed E-state index contributed by atoms with van der Waals surface area (Å²) in [4.78, 5) is 10.9. The van der Waals surface area contributed by atoms with Gasteiger partial charge in [0.05, 0.1) is 0 Å². The fraction of sp³-hybridized carbons (Fsp3) is 0.900. The van der Waals surface area contributed by atoms with Crippen LogP contribution in [0.25, 0.3) is 0 Å². The quantitative estimate of drug-likeness (QED) is 0.626. The predicted octanol–water partition coefficient (Wildman–Crippen LogP) is 2.95. The van der Waals surface area contributed by atoms with Gasteiger partial charge in [0.15, 0.2) is 0 Å². The Balaban J connectivity index is 0.000000561. The third kappa shape index (κ3) is 4.15. The van der Waals surface area contributed by atoms with Crippen LogP contribution in [-0.4, -0.2) is 12.0 Å². The van der Waals surface area contributed by atoms with Gasteiger partial charge >= 0.3 is 0 Å². The van der Waals surface area contributed by atoms with Crippen molar-refractivity contribution in [1.29, 1.82) is 0 Å². The molecule has 0 aromatic rings. The summed E-state index contributed by atoms with van der Waals surface area (Å²) in [5.74, 6) is 1.65. The van der Waals surface area contributed by atoms with E-state index in [0.717, 1.165) is 18.8 Å². The lowest BCUT2D eigenvalue weighted by Crippen LogP contribution is -2.18. The Morgan fingerprint density at radius 2 is 1.58 bits per heavy atom. The van der Waals surface area contributed by atoms with Crippen LogP contribution < -0.4 is 0 Å². The maximum atomic E-state index is 10.9. The van der Waals surface area contributed by atoms with Gasteiger partial charge in [0.1, 0.15) is 5.78 Å². The summed E-state index contributed by atoms with van der Waals surface area (Å²) in [5.41, 5.74) is 0. The molecule has 0 radical (unpaired) electrons. The topological polar surface area (TPSA) is 17.1 Å². The van der Waals surface area contributed by atoms with Gasteiger partial charge in [-0.25, -0.2) is 0 Å². The van der Waals surface area contributed by atoms with Gasteiger partial charge in [-0.3, -0.25) is 4.79 Å². The highest BCUT2D eigenvalue weighted by Gasteiger charge is 2.20. The van der Waals surface area contributed by atoms with Gasteiger partial charge in [0.25, 0.3) is 0 Å². The number of thiol groups is 1. The van der Waals surface area contributed by atoms with Crippen LogP contribution in [0.1, 0.15) is 39.5 Å². The Hall–Kier alpha value is 0.0200.